The summed E-state index contributed by atoms with van der Waals surface area (Å²) in [6, 6.07) is 15.2. The Morgan fingerprint density at radius 3 is 2.55 bits per heavy atom. The highest BCUT2D eigenvalue weighted by Gasteiger charge is 2.26. The van der Waals surface area contributed by atoms with Gasteiger partial charge in [-0.1, -0.05) is 30.3 Å². The van der Waals surface area contributed by atoms with Crippen molar-refractivity contribution >= 4 is 17.8 Å². The van der Waals surface area contributed by atoms with Crippen LogP contribution < -0.4 is 16.0 Å². The SMILES string of the molecule is O=C(NCCc1ccccc1)N[C@H]1CCC[C@@H](OC(=O)Nc2ccc(F)cc2)C1. The van der Waals surface area contributed by atoms with Crippen molar-refractivity contribution in [1.29, 1.82) is 0 Å². The second-order valence-corrected chi connectivity index (χ2v) is 7.16. The van der Waals surface area contributed by atoms with Gasteiger partial charge >= 0.3 is 12.1 Å². The summed E-state index contributed by atoms with van der Waals surface area (Å²) in [5, 5.41) is 8.42. The largest absolute Gasteiger partial charge is 0.446 e. The minimum Gasteiger partial charge on any atom is -0.446 e. The zero-order valence-electron chi connectivity index (χ0n) is 16.2. The van der Waals surface area contributed by atoms with Gasteiger partial charge in [0.1, 0.15) is 11.9 Å². The normalized spacial score (nSPS) is 18.5. The van der Waals surface area contributed by atoms with Crippen LogP contribution >= 0.6 is 0 Å². The number of hydrogen-bond donors (Lipinski definition) is 3. The number of carbonyl (C=O) groups excluding carboxylic acids is 2. The highest BCUT2D eigenvalue weighted by Crippen LogP contribution is 2.22. The lowest BCUT2D eigenvalue weighted by Crippen LogP contribution is -2.46. The molecule has 0 aliphatic heterocycles. The van der Waals surface area contributed by atoms with Crippen LogP contribution in [0.3, 0.4) is 0 Å². The maximum atomic E-state index is 12.9. The van der Waals surface area contributed by atoms with E-state index in [1.165, 1.54) is 29.8 Å². The van der Waals surface area contributed by atoms with Gasteiger partial charge in [0.25, 0.3) is 0 Å². The van der Waals surface area contributed by atoms with Crippen LogP contribution in [0, 0.1) is 5.82 Å². The van der Waals surface area contributed by atoms with Crippen LogP contribution in [0.1, 0.15) is 31.2 Å². The van der Waals surface area contributed by atoms with Crippen molar-refractivity contribution < 1.29 is 18.7 Å². The van der Waals surface area contributed by atoms with Gasteiger partial charge in [-0.05, 0) is 55.5 Å². The van der Waals surface area contributed by atoms with Crippen molar-refractivity contribution in [3.05, 3.63) is 66.0 Å². The molecule has 2 aromatic rings. The average Bonchev–Trinajstić information content (AvgIpc) is 2.71. The molecule has 6 nitrogen and oxygen atoms in total. The summed E-state index contributed by atoms with van der Waals surface area (Å²) in [7, 11) is 0. The lowest BCUT2D eigenvalue weighted by Gasteiger charge is -2.29. The molecule has 1 saturated carbocycles. The van der Waals surface area contributed by atoms with Crippen LogP contribution in [0.15, 0.2) is 54.6 Å². The molecule has 0 heterocycles. The van der Waals surface area contributed by atoms with Crippen LogP contribution in [0.4, 0.5) is 19.7 Å². The molecule has 0 bridgehead atoms. The molecule has 3 amide bonds. The molecule has 0 saturated heterocycles. The van der Waals surface area contributed by atoms with E-state index in [9.17, 15) is 14.0 Å². The molecule has 0 radical (unpaired) electrons. The van der Waals surface area contributed by atoms with Gasteiger partial charge in [0.15, 0.2) is 0 Å². The van der Waals surface area contributed by atoms with E-state index in [-0.39, 0.29) is 24.0 Å². The van der Waals surface area contributed by atoms with Gasteiger partial charge < -0.3 is 15.4 Å². The monoisotopic (exact) mass is 399 g/mol. The summed E-state index contributed by atoms with van der Waals surface area (Å²) in [5.41, 5.74) is 1.64. The molecule has 3 rings (SSSR count). The van der Waals surface area contributed by atoms with Gasteiger partial charge in [-0.25, -0.2) is 14.0 Å². The summed E-state index contributed by atoms with van der Waals surface area (Å²) >= 11 is 0. The summed E-state index contributed by atoms with van der Waals surface area (Å²) in [5.74, 6) is -0.368. The lowest BCUT2D eigenvalue weighted by molar-refractivity contribution is 0.0776. The number of nitrogens with one attached hydrogen (secondary N) is 3. The number of anilines is 1. The Morgan fingerprint density at radius 1 is 1.03 bits per heavy atom. The van der Waals surface area contributed by atoms with E-state index in [1.807, 2.05) is 30.3 Å². The lowest BCUT2D eigenvalue weighted by atomic mass is 9.93. The molecule has 7 heteroatoms. The first-order valence-electron chi connectivity index (χ1n) is 9.90. The molecule has 1 aliphatic carbocycles. The van der Waals surface area contributed by atoms with Crippen molar-refractivity contribution in [3.8, 4) is 0 Å². The average molecular weight is 399 g/mol. The van der Waals surface area contributed by atoms with Crippen molar-refractivity contribution in [2.75, 3.05) is 11.9 Å². The van der Waals surface area contributed by atoms with Gasteiger partial charge in [0, 0.05) is 24.7 Å². The first-order valence-corrected chi connectivity index (χ1v) is 9.90. The van der Waals surface area contributed by atoms with Crippen LogP contribution in [0.2, 0.25) is 0 Å². The van der Waals surface area contributed by atoms with Crippen LogP contribution in [0.5, 0.6) is 0 Å². The van der Waals surface area contributed by atoms with Gasteiger partial charge in [-0.2, -0.15) is 0 Å². The second-order valence-electron chi connectivity index (χ2n) is 7.16. The van der Waals surface area contributed by atoms with Crippen LogP contribution in [0.25, 0.3) is 0 Å². The number of benzene rings is 2. The topological polar surface area (TPSA) is 79.5 Å². The van der Waals surface area contributed by atoms with E-state index in [0.29, 0.717) is 18.7 Å². The van der Waals surface area contributed by atoms with E-state index < -0.39 is 6.09 Å². The third-order valence-corrected chi connectivity index (χ3v) is 4.87. The first kappa shape index (κ1) is 20.6. The summed E-state index contributed by atoms with van der Waals surface area (Å²) < 4.78 is 18.4. The molecule has 0 spiro atoms. The zero-order chi connectivity index (χ0) is 20.5. The summed E-state index contributed by atoms with van der Waals surface area (Å²) in [4.78, 5) is 24.2. The first-order chi connectivity index (χ1) is 14.1. The predicted molar refractivity (Wildman–Crippen MR) is 109 cm³/mol. The molecule has 1 fully saturated rings. The quantitative estimate of drug-likeness (QED) is 0.680. The molecule has 2 atom stereocenters. The van der Waals surface area contributed by atoms with Crippen molar-refractivity contribution in [1.82, 2.24) is 10.6 Å². The van der Waals surface area contributed by atoms with Crippen molar-refractivity contribution in [2.24, 2.45) is 0 Å². The molecule has 29 heavy (non-hydrogen) atoms. The third-order valence-electron chi connectivity index (χ3n) is 4.87. The van der Waals surface area contributed by atoms with E-state index in [4.69, 9.17) is 4.74 Å². The number of carbonyl (C=O) groups is 2. The van der Waals surface area contributed by atoms with Crippen LogP contribution in [-0.2, 0) is 11.2 Å². The molecular weight excluding hydrogens is 373 g/mol. The van der Waals surface area contributed by atoms with Crippen LogP contribution in [-0.4, -0.2) is 30.8 Å². The number of amides is 3. The maximum absolute atomic E-state index is 12.9. The Bertz CT molecular complexity index is 799. The fraction of sp³-hybridized carbons (Fsp3) is 0.364. The Morgan fingerprint density at radius 2 is 1.79 bits per heavy atom. The molecule has 154 valence electrons. The number of halogens is 1. The fourth-order valence-corrected chi connectivity index (χ4v) is 3.42. The van der Waals surface area contributed by atoms with Gasteiger partial charge in [-0.15, -0.1) is 0 Å². The molecule has 0 unspecified atom stereocenters. The number of rotatable bonds is 6. The number of ether oxygens (including phenoxy) is 1. The number of hydrogen-bond acceptors (Lipinski definition) is 3. The Kier molecular flexibility index (Phi) is 7.44. The van der Waals surface area contributed by atoms with E-state index in [0.717, 1.165) is 25.7 Å². The van der Waals surface area contributed by atoms with E-state index in [1.54, 1.807) is 0 Å². The Labute approximate surface area is 169 Å². The van der Waals surface area contributed by atoms with Crippen molar-refractivity contribution in [3.63, 3.8) is 0 Å². The Balaban J connectivity index is 1.37. The zero-order valence-corrected chi connectivity index (χ0v) is 16.2. The highest BCUT2D eigenvalue weighted by atomic mass is 19.1. The minimum absolute atomic E-state index is 0.0379. The smallest absolute Gasteiger partial charge is 0.411 e. The molecule has 2 aromatic carbocycles. The molecule has 3 N–H and O–H groups in total. The second kappa shape index (κ2) is 10.5. The Hall–Kier alpha value is -3.09. The predicted octanol–water partition coefficient (Wildman–Crippen LogP) is 4.23. The highest BCUT2D eigenvalue weighted by molar-refractivity contribution is 5.84. The molecule has 1 aliphatic rings. The standard InChI is InChI=1S/C22H26FN3O3/c23-17-9-11-18(12-10-17)26-22(28)29-20-8-4-7-19(15-20)25-21(27)24-14-13-16-5-2-1-3-6-16/h1-3,5-6,9-12,19-20H,4,7-8,13-15H2,(H,26,28)(H2,24,25,27)/t19-,20+/m0/s1. The molecule has 0 aromatic heterocycles. The van der Waals surface area contributed by atoms with E-state index >= 15 is 0 Å². The van der Waals surface area contributed by atoms with Gasteiger partial charge in [0.05, 0.1) is 0 Å². The van der Waals surface area contributed by atoms with Gasteiger partial charge in [-0.3, -0.25) is 5.32 Å². The van der Waals surface area contributed by atoms with E-state index in [2.05, 4.69) is 16.0 Å². The summed E-state index contributed by atoms with van der Waals surface area (Å²) in [6.45, 7) is 0.558. The summed E-state index contributed by atoms with van der Waals surface area (Å²) in [6.07, 6.45) is 2.98. The maximum Gasteiger partial charge on any atom is 0.411 e. The van der Waals surface area contributed by atoms with Crippen molar-refractivity contribution in [2.45, 2.75) is 44.2 Å². The third kappa shape index (κ3) is 7.10. The fourth-order valence-electron chi connectivity index (χ4n) is 3.42. The molecular formula is C22H26FN3O3. The number of urea groups is 1. The minimum atomic E-state index is -0.574. The van der Waals surface area contributed by atoms with Gasteiger partial charge in [0.2, 0.25) is 0 Å².